The molecule has 2 atom stereocenters. The Balaban J connectivity index is 1.45. The fourth-order valence-electron chi connectivity index (χ4n) is 2.49. The van der Waals surface area contributed by atoms with E-state index in [-0.39, 0.29) is 23.3 Å². The van der Waals surface area contributed by atoms with E-state index in [4.69, 9.17) is 0 Å². The quantitative estimate of drug-likeness (QED) is 0.343. The maximum Gasteiger partial charge on any atom is 0.244 e. The molecule has 0 saturated heterocycles. The number of phenolic OH excluding ortho intramolecular Hbond substituents is 2. The van der Waals surface area contributed by atoms with Gasteiger partial charge in [0.1, 0.15) is 11.5 Å². The second-order valence-electron chi connectivity index (χ2n) is 6.34. The zero-order valence-corrected chi connectivity index (χ0v) is 18.0. The fourth-order valence-corrected chi connectivity index (χ4v) is 3.28. The number of rotatable bonds is 6. The molecule has 8 nitrogen and oxygen atoms in total. The number of carbonyl (C=O) groups is 2. The summed E-state index contributed by atoms with van der Waals surface area (Å²) < 4.78 is 1.04. The first kappa shape index (κ1) is 21.0. The summed E-state index contributed by atoms with van der Waals surface area (Å²) in [5.41, 5.74) is 6.20. The second-order valence-corrected chi connectivity index (χ2v) is 8.05. The molecule has 0 heterocycles. The van der Waals surface area contributed by atoms with Gasteiger partial charge in [-0.3, -0.25) is 9.59 Å². The van der Waals surface area contributed by atoms with Crippen LogP contribution >= 0.6 is 31.9 Å². The Morgan fingerprint density at radius 3 is 1.66 bits per heavy atom. The van der Waals surface area contributed by atoms with Gasteiger partial charge in [-0.15, -0.1) is 0 Å². The highest BCUT2D eigenvalue weighted by atomic mass is 79.9. The molecule has 0 aliphatic heterocycles. The lowest BCUT2D eigenvalue weighted by Gasteiger charge is -2.01. The number of carbonyl (C=O) groups excluding carboxylic acids is 2. The van der Waals surface area contributed by atoms with Gasteiger partial charge in [-0.25, -0.2) is 10.9 Å². The zero-order chi connectivity index (χ0) is 21.0. The van der Waals surface area contributed by atoms with Crippen LogP contribution in [0.3, 0.4) is 0 Å². The minimum atomic E-state index is -0.447. The third-order valence-electron chi connectivity index (χ3n) is 4.18. The van der Waals surface area contributed by atoms with E-state index in [1.54, 1.807) is 24.3 Å². The van der Waals surface area contributed by atoms with E-state index in [0.29, 0.717) is 26.5 Å². The van der Waals surface area contributed by atoms with Crippen LogP contribution in [0.4, 0.5) is 0 Å². The first-order chi connectivity index (χ1) is 13.8. The summed E-state index contributed by atoms with van der Waals surface area (Å²) in [6.07, 6.45) is 3.32. The number of hydrogen-bond donors (Lipinski definition) is 4. The molecule has 29 heavy (non-hydrogen) atoms. The van der Waals surface area contributed by atoms with Crippen LogP contribution in [0.1, 0.15) is 17.5 Å². The number of hydrogen-bond acceptors (Lipinski definition) is 6. The molecular formula is C19H16Br2N4O4. The van der Waals surface area contributed by atoms with Crippen molar-refractivity contribution >= 4 is 56.1 Å². The number of nitrogens with zero attached hydrogens (tertiary/aromatic N) is 2. The van der Waals surface area contributed by atoms with Gasteiger partial charge in [-0.2, -0.15) is 10.2 Å². The molecule has 2 amide bonds. The van der Waals surface area contributed by atoms with Crippen LogP contribution in [-0.4, -0.2) is 34.5 Å². The Labute approximate surface area is 183 Å². The van der Waals surface area contributed by atoms with Gasteiger partial charge in [0.25, 0.3) is 0 Å². The Morgan fingerprint density at radius 2 is 1.28 bits per heavy atom. The van der Waals surface area contributed by atoms with Crippen molar-refractivity contribution in [3.8, 4) is 11.5 Å². The maximum atomic E-state index is 12.1. The predicted molar refractivity (Wildman–Crippen MR) is 115 cm³/mol. The summed E-state index contributed by atoms with van der Waals surface area (Å²) >= 11 is 6.40. The normalized spacial score (nSPS) is 18.1. The largest absolute Gasteiger partial charge is 0.507 e. The zero-order valence-electron chi connectivity index (χ0n) is 14.8. The maximum absolute atomic E-state index is 12.1. The van der Waals surface area contributed by atoms with E-state index < -0.39 is 11.8 Å². The molecule has 1 saturated carbocycles. The average Bonchev–Trinajstić information content (AvgIpc) is 3.48. The van der Waals surface area contributed by atoms with Crippen LogP contribution in [0.15, 0.2) is 55.5 Å². The highest BCUT2D eigenvalue weighted by molar-refractivity contribution is 9.10. The SMILES string of the molecule is O=C(N/N=C\c1ccc(O)c(Br)c1)[C@@H]1C[C@H]1C(=O)N/N=C\c1ccc(O)c(Br)c1. The summed E-state index contributed by atoms with van der Waals surface area (Å²) in [7, 11) is 0. The van der Waals surface area contributed by atoms with E-state index in [9.17, 15) is 19.8 Å². The van der Waals surface area contributed by atoms with Crippen molar-refractivity contribution in [3.05, 3.63) is 56.5 Å². The Bertz CT molecular complexity index is 930. The van der Waals surface area contributed by atoms with Crippen LogP contribution in [0, 0.1) is 11.8 Å². The van der Waals surface area contributed by atoms with Gasteiger partial charge in [-0.05, 0) is 85.8 Å². The third-order valence-corrected chi connectivity index (χ3v) is 5.45. The van der Waals surface area contributed by atoms with E-state index in [1.807, 2.05) is 0 Å². The van der Waals surface area contributed by atoms with Crippen molar-refractivity contribution < 1.29 is 19.8 Å². The Kier molecular flexibility index (Phi) is 6.65. The summed E-state index contributed by atoms with van der Waals surface area (Å²) in [6, 6.07) is 9.62. The van der Waals surface area contributed by atoms with Crippen LogP contribution in [0.2, 0.25) is 0 Å². The van der Waals surface area contributed by atoms with Crippen molar-refractivity contribution in [2.45, 2.75) is 6.42 Å². The Morgan fingerprint density at radius 1 is 0.862 bits per heavy atom. The number of aromatic hydroxyl groups is 2. The molecule has 10 heteroatoms. The van der Waals surface area contributed by atoms with Gasteiger partial charge in [0.15, 0.2) is 0 Å². The topological polar surface area (TPSA) is 123 Å². The van der Waals surface area contributed by atoms with Crippen molar-refractivity contribution in [2.75, 3.05) is 0 Å². The minimum Gasteiger partial charge on any atom is -0.507 e. The second kappa shape index (κ2) is 9.19. The van der Waals surface area contributed by atoms with Crippen molar-refractivity contribution in [1.29, 1.82) is 0 Å². The van der Waals surface area contributed by atoms with E-state index in [0.717, 1.165) is 0 Å². The van der Waals surface area contributed by atoms with Crippen molar-refractivity contribution in [3.63, 3.8) is 0 Å². The molecule has 0 aromatic heterocycles. The lowest BCUT2D eigenvalue weighted by molar-refractivity contribution is -0.127. The molecule has 0 radical (unpaired) electrons. The molecule has 2 aromatic carbocycles. The summed E-state index contributed by atoms with van der Waals surface area (Å²) in [5.74, 6) is -1.36. The van der Waals surface area contributed by atoms with Gasteiger partial charge in [0.05, 0.1) is 33.2 Å². The highest BCUT2D eigenvalue weighted by Gasteiger charge is 2.48. The Hall–Kier alpha value is -2.72. The number of phenols is 2. The van der Waals surface area contributed by atoms with Gasteiger partial charge in [0.2, 0.25) is 11.8 Å². The van der Waals surface area contributed by atoms with E-state index in [1.165, 1.54) is 24.6 Å². The molecule has 4 N–H and O–H groups in total. The van der Waals surface area contributed by atoms with Crippen molar-refractivity contribution in [2.24, 2.45) is 22.0 Å². The molecule has 1 fully saturated rings. The van der Waals surface area contributed by atoms with Crippen LogP contribution in [0.25, 0.3) is 0 Å². The smallest absolute Gasteiger partial charge is 0.244 e. The summed E-state index contributed by atoms with van der Waals surface area (Å²) in [4.78, 5) is 24.1. The lowest BCUT2D eigenvalue weighted by atomic mass is 10.2. The van der Waals surface area contributed by atoms with E-state index in [2.05, 4.69) is 52.9 Å². The number of halogens is 2. The van der Waals surface area contributed by atoms with Gasteiger partial charge < -0.3 is 10.2 Å². The molecule has 2 aromatic rings. The molecular weight excluding hydrogens is 508 g/mol. The third kappa shape index (κ3) is 5.64. The first-order valence-electron chi connectivity index (χ1n) is 8.48. The minimum absolute atomic E-state index is 0.110. The van der Waals surface area contributed by atoms with Crippen molar-refractivity contribution in [1.82, 2.24) is 10.9 Å². The van der Waals surface area contributed by atoms with E-state index >= 15 is 0 Å². The number of hydrazone groups is 2. The standard InChI is InChI=1S/C19H16Br2N4O4/c20-14-5-10(1-3-16(14)26)8-22-24-18(28)12-7-13(12)19(29)25-23-9-11-2-4-17(27)15(21)6-11/h1-6,8-9,12-13,26-27H,7H2,(H,24,28)(H,25,29)/b22-8-,23-9-/t12-,13-/m1/s1. The van der Waals surface area contributed by atoms with Gasteiger partial charge >= 0.3 is 0 Å². The lowest BCUT2D eigenvalue weighted by Crippen LogP contribution is -2.25. The molecule has 150 valence electrons. The first-order valence-corrected chi connectivity index (χ1v) is 10.1. The average molecular weight is 524 g/mol. The highest BCUT2D eigenvalue weighted by Crippen LogP contribution is 2.38. The number of nitrogens with one attached hydrogen (secondary N) is 2. The molecule has 3 rings (SSSR count). The molecule has 0 bridgehead atoms. The molecule has 1 aliphatic rings. The van der Waals surface area contributed by atoms with Gasteiger partial charge in [0, 0.05) is 0 Å². The summed E-state index contributed by atoms with van der Waals surface area (Å²) in [5, 5.41) is 26.6. The predicted octanol–water partition coefficient (Wildman–Crippen LogP) is 2.86. The number of benzene rings is 2. The van der Waals surface area contributed by atoms with Crippen LogP contribution in [0.5, 0.6) is 11.5 Å². The van der Waals surface area contributed by atoms with Gasteiger partial charge in [-0.1, -0.05) is 0 Å². The molecule has 1 aliphatic carbocycles. The fraction of sp³-hybridized carbons (Fsp3) is 0.158. The molecule has 0 unspecified atom stereocenters. The number of amides is 2. The van der Waals surface area contributed by atoms with Crippen LogP contribution < -0.4 is 10.9 Å². The monoisotopic (exact) mass is 522 g/mol. The summed E-state index contributed by atoms with van der Waals surface area (Å²) in [6.45, 7) is 0. The molecule has 0 spiro atoms. The van der Waals surface area contributed by atoms with Crippen LogP contribution in [-0.2, 0) is 9.59 Å².